The summed E-state index contributed by atoms with van der Waals surface area (Å²) in [7, 11) is 0. The highest BCUT2D eigenvalue weighted by Gasteiger charge is 2.25. The van der Waals surface area contributed by atoms with Crippen molar-refractivity contribution in [2.24, 2.45) is 0 Å². The van der Waals surface area contributed by atoms with Crippen molar-refractivity contribution in [2.45, 2.75) is 18.9 Å². The Kier molecular flexibility index (Phi) is 6.10. The minimum absolute atomic E-state index is 0.0263. The van der Waals surface area contributed by atoms with Gasteiger partial charge in [0.05, 0.1) is 0 Å². The van der Waals surface area contributed by atoms with Crippen molar-refractivity contribution < 1.29 is 14.3 Å². The van der Waals surface area contributed by atoms with Crippen molar-refractivity contribution >= 4 is 39.2 Å². The zero-order valence-corrected chi connectivity index (χ0v) is 17.6. The summed E-state index contributed by atoms with van der Waals surface area (Å²) in [6, 6.07) is 11.0. The number of hydrogen-bond acceptors (Lipinski definition) is 5. The normalized spacial score (nSPS) is 19.3. The third-order valence-electron chi connectivity index (χ3n) is 5.20. The van der Waals surface area contributed by atoms with Crippen LogP contribution in [0.1, 0.15) is 23.2 Å². The number of amides is 2. The van der Waals surface area contributed by atoms with Gasteiger partial charge in [-0.1, -0.05) is 6.07 Å². The SMILES string of the molecule is O=C(Nc1cccc(C(=O)N2CCN(c3ccc(Br)cn3)CC2)c1)C1CCCO1. The smallest absolute Gasteiger partial charge is 0.254 e. The number of anilines is 2. The summed E-state index contributed by atoms with van der Waals surface area (Å²) >= 11 is 3.40. The minimum atomic E-state index is -0.394. The minimum Gasteiger partial charge on any atom is -0.368 e. The largest absolute Gasteiger partial charge is 0.368 e. The van der Waals surface area contributed by atoms with Gasteiger partial charge in [-0.25, -0.2) is 4.98 Å². The van der Waals surface area contributed by atoms with Crippen molar-refractivity contribution in [3.63, 3.8) is 0 Å². The number of carbonyl (C=O) groups excluding carboxylic acids is 2. The van der Waals surface area contributed by atoms with E-state index in [-0.39, 0.29) is 11.8 Å². The number of rotatable bonds is 4. The van der Waals surface area contributed by atoms with Gasteiger partial charge in [-0.3, -0.25) is 9.59 Å². The van der Waals surface area contributed by atoms with Crippen molar-refractivity contribution in [3.8, 4) is 0 Å². The molecule has 1 aromatic heterocycles. The number of ether oxygens (including phenoxy) is 1. The number of piperazine rings is 1. The molecular weight excluding hydrogens is 436 g/mol. The first-order valence-corrected chi connectivity index (χ1v) is 10.6. The molecule has 2 aliphatic rings. The Bertz CT molecular complexity index is 876. The van der Waals surface area contributed by atoms with Gasteiger partial charge in [0, 0.05) is 54.7 Å². The monoisotopic (exact) mass is 458 g/mol. The molecule has 1 N–H and O–H groups in total. The molecule has 0 radical (unpaired) electrons. The van der Waals surface area contributed by atoms with E-state index in [0.717, 1.165) is 36.2 Å². The van der Waals surface area contributed by atoms with Crippen LogP contribution in [0.3, 0.4) is 0 Å². The van der Waals surface area contributed by atoms with E-state index in [1.54, 1.807) is 30.5 Å². The van der Waals surface area contributed by atoms with Crippen LogP contribution in [0.5, 0.6) is 0 Å². The molecule has 2 saturated heterocycles. The fourth-order valence-corrected chi connectivity index (χ4v) is 3.85. The molecule has 0 spiro atoms. The van der Waals surface area contributed by atoms with Crippen LogP contribution in [0.2, 0.25) is 0 Å². The van der Waals surface area contributed by atoms with Crippen molar-refractivity contribution in [1.29, 1.82) is 0 Å². The van der Waals surface area contributed by atoms with Crippen LogP contribution in [0.15, 0.2) is 47.1 Å². The van der Waals surface area contributed by atoms with Gasteiger partial charge >= 0.3 is 0 Å². The Hall–Kier alpha value is -2.45. The van der Waals surface area contributed by atoms with Crippen molar-refractivity contribution in [3.05, 3.63) is 52.6 Å². The van der Waals surface area contributed by atoms with Gasteiger partial charge in [0.15, 0.2) is 0 Å². The van der Waals surface area contributed by atoms with Crippen LogP contribution in [0.4, 0.5) is 11.5 Å². The van der Waals surface area contributed by atoms with Gasteiger partial charge < -0.3 is 19.9 Å². The van der Waals surface area contributed by atoms with E-state index in [1.807, 2.05) is 17.0 Å². The molecule has 0 aliphatic carbocycles. The lowest BCUT2D eigenvalue weighted by Crippen LogP contribution is -2.49. The van der Waals surface area contributed by atoms with E-state index in [2.05, 4.69) is 31.1 Å². The van der Waals surface area contributed by atoms with Gasteiger partial charge in [0.25, 0.3) is 11.8 Å². The zero-order chi connectivity index (χ0) is 20.2. The van der Waals surface area contributed by atoms with E-state index in [4.69, 9.17) is 4.74 Å². The van der Waals surface area contributed by atoms with Crippen molar-refractivity contribution in [2.75, 3.05) is 43.0 Å². The second kappa shape index (κ2) is 8.92. The Morgan fingerprint density at radius 1 is 1.14 bits per heavy atom. The molecule has 3 heterocycles. The molecule has 152 valence electrons. The number of benzene rings is 1. The predicted molar refractivity (Wildman–Crippen MR) is 114 cm³/mol. The third-order valence-corrected chi connectivity index (χ3v) is 5.67. The highest BCUT2D eigenvalue weighted by atomic mass is 79.9. The van der Waals surface area contributed by atoms with E-state index in [1.165, 1.54) is 0 Å². The summed E-state index contributed by atoms with van der Waals surface area (Å²) in [6.07, 6.45) is 3.03. The molecule has 8 heteroatoms. The predicted octanol–water partition coefficient (Wildman–Crippen LogP) is 2.92. The fraction of sp³-hybridized carbons (Fsp3) is 0.381. The molecule has 7 nitrogen and oxygen atoms in total. The maximum absolute atomic E-state index is 12.9. The lowest BCUT2D eigenvalue weighted by molar-refractivity contribution is -0.124. The summed E-state index contributed by atoms with van der Waals surface area (Å²) < 4.78 is 6.36. The van der Waals surface area contributed by atoms with E-state index < -0.39 is 6.10 Å². The molecule has 1 atom stereocenters. The summed E-state index contributed by atoms with van der Waals surface area (Å²) in [5.41, 5.74) is 1.19. The van der Waals surface area contributed by atoms with E-state index in [0.29, 0.717) is 30.9 Å². The molecular formula is C21H23BrN4O3. The third kappa shape index (κ3) is 4.76. The average Bonchev–Trinajstić information content (AvgIpc) is 3.29. The molecule has 4 rings (SSSR count). The maximum atomic E-state index is 12.9. The Morgan fingerprint density at radius 3 is 2.66 bits per heavy atom. The molecule has 1 aromatic carbocycles. The van der Waals surface area contributed by atoms with Crippen LogP contribution in [0, 0.1) is 0 Å². The van der Waals surface area contributed by atoms with E-state index >= 15 is 0 Å². The van der Waals surface area contributed by atoms with Crippen LogP contribution >= 0.6 is 15.9 Å². The van der Waals surface area contributed by atoms with Gasteiger partial charge in [-0.2, -0.15) is 0 Å². The molecule has 2 aromatic rings. The number of nitrogens with zero attached hydrogens (tertiary/aromatic N) is 3. The second-order valence-electron chi connectivity index (χ2n) is 7.19. The highest BCUT2D eigenvalue weighted by molar-refractivity contribution is 9.10. The maximum Gasteiger partial charge on any atom is 0.254 e. The van der Waals surface area contributed by atoms with Crippen LogP contribution in [-0.4, -0.2) is 60.6 Å². The fourth-order valence-electron chi connectivity index (χ4n) is 3.61. The molecule has 0 saturated carbocycles. The van der Waals surface area contributed by atoms with Crippen LogP contribution in [0.25, 0.3) is 0 Å². The summed E-state index contributed by atoms with van der Waals surface area (Å²) in [5, 5.41) is 2.86. The number of pyridine rings is 1. The van der Waals surface area contributed by atoms with Crippen LogP contribution in [-0.2, 0) is 9.53 Å². The average molecular weight is 459 g/mol. The lowest BCUT2D eigenvalue weighted by Gasteiger charge is -2.35. The number of aromatic nitrogens is 1. The second-order valence-corrected chi connectivity index (χ2v) is 8.10. The number of nitrogens with one attached hydrogen (secondary N) is 1. The number of hydrogen-bond donors (Lipinski definition) is 1. The van der Waals surface area contributed by atoms with Gasteiger partial charge in [0.2, 0.25) is 0 Å². The Morgan fingerprint density at radius 2 is 1.97 bits per heavy atom. The van der Waals surface area contributed by atoms with Gasteiger partial charge in [0.1, 0.15) is 11.9 Å². The number of halogens is 1. The highest BCUT2D eigenvalue weighted by Crippen LogP contribution is 2.20. The standard InChI is InChI=1S/C21H23BrN4O3/c22-16-6-7-19(23-14-16)25-8-10-26(11-9-25)21(28)15-3-1-4-17(13-15)24-20(27)18-5-2-12-29-18/h1,3-4,6-7,13-14,18H,2,5,8-12H2,(H,24,27). The first-order valence-electron chi connectivity index (χ1n) is 9.78. The Labute approximate surface area is 178 Å². The number of carbonyl (C=O) groups is 2. The van der Waals surface area contributed by atoms with Crippen LogP contribution < -0.4 is 10.2 Å². The summed E-state index contributed by atoms with van der Waals surface area (Å²) in [5.74, 6) is 0.739. The summed E-state index contributed by atoms with van der Waals surface area (Å²) in [4.78, 5) is 33.6. The van der Waals surface area contributed by atoms with Crippen molar-refractivity contribution in [1.82, 2.24) is 9.88 Å². The molecule has 29 heavy (non-hydrogen) atoms. The topological polar surface area (TPSA) is 74.8 Å². The molecule has 0 bridgehead atoms. The quantitative estimate of drug-likeness (QED) is 0.761. The summed E-state index contributed by atoms with van der Waals surface area (Å²) in [6.45, 7) is 3.34. The van der Waals surface area contributed by atoms with E-state index in [9.17, 15) is 9.59 Å². The molecule has 2 amide bonds. The van der Waals surface area contributed by atoms with Gasteiger partial charge in [-0.15, -0.1) is 0 Å². The molecule has 2 aliphatic heterocycles. The first kappa shape index (κ1) is 19.8. The van der Waals surface area contributed by atoms with Gasteiger partial charge in [-0.05, 0) is 59.1 Å². The molecule has 2 fully saturated rings. The lowest BCUT2D eigenvalue weighted by atomic mass is 10.1. The Balaban J connectivity index is 1.36. The molecule has 1 unspecified atom stereocenters. The zero-order valence-electron chi connectivity index (χ0n) is 16.0. The first-order chi connectivity index (χ1) is 14.1.